The Morgan fingerprint density at radius 3 is 2.15 bits per heavy atom. The molecular weight excluding hydrogens is 164 g/mol. The van der Waals surface area contributed by atoms with Crippen molar-refractivity contribution in [3.05, 3.63) is 0 Å². The van der Waals surface area contributed by atoms with Gasteiger partial charge in [-0.1, -0.05) is 39.5 Å². The first-order valence-electron chi connectivity index (χ1n) is 5.47. The van der Waals surface area contributed by atoms with Gasteiger partial charge in [0.05, 0.1) is 11.7 Å². The van der Waals surface area contributed by atoms with Crippen LogP contribution in [0.2, 0.25) is 0 Å². The van der Waals surface area contributed by atoms with E-state index in [9.17, 15) is 10.2 Å². The van der Waals surface area contributed by atoms with Gasteiger partial charge in [0.1, 0.15) is 0 Å². The molecule has 0 aliphatic carbocycles. The highest BCUT2D eigenvalue weighted by Gasteiger charge is 2.29. The predicted octanol–water partition coefficient (Wildman–Crippen LogP) is 2.48. The van der Waals surface area contributed by atoms with Crippen molar-refractivity contribution >= 4 is 0 Å². The third kappa shape index (κ3) is 4.63. The van der Waals surface area contributed by atoms with Gasteiger partial charge in [0.2, 0.25) is 0 Å². The molecule has 2 N–H and O–H groups in total. The Balaban J connectivity index is 3.71. The lowest BCUT2D eigenvalue weighted by Gasteiger charge is -2.29. The second-order valence-electron chi connectivity index (χ2n) is 3.94. The number of aliphatic hydroxyl groups excluding tert-OH is 1. The van der Waals surface area contributed by atoms with Crippen LogP contribution in [0.25, 0.3) is 0 Å². The molecule has 0 aromatic carbocycles. The maximum atomic E-state index is 9.95. The largest absolute Gasteiger partial charge is 0.390 e. The minimum Gasteiger partial charge on any atom is -0.390 e. The fraction of sp³-hybridized carbons (Fsp3) is 1.00. The summed E-state index contributed by atoms with van der Waals surface area (Å²) in [7, 11) is 0. The molecule has 2 unspecified atom stereocenters. The summed E-state index contributed by atoms with van der Waals surface area (Å²) in [5.41, 5.74) is -0.853. The first-order chi connectivity index (χ1) is 6.06. The van der Waals surface area contributed by atoms with E-state index in [4.69, 9.17) is 0 Å². The van der Waals surface area contributed by atoms with Gasteiger partial charge >= 0.3 is 0 Å². The summed E-state index contributed by atoms with van der Waals surface area (Å²) in [4.78, 5) is 0. The molecule has 0 aromatic heterocycles. The van der Waals surface area contributed by atoms with Crippen LogP contribution in [0, 0.1) is 0 Å². The van der Waals surface area contributed by atoms with E-state index in [1.165, 1.54) is 12.8 Å². The Hall–Kier alpha value is -0.0800. The minimum atomic E-state index is -0.853. The molecule has 0 spiro atoms. The molecule has 0 bridgehead atoms. The van der Waals surface area contributed by atoms with Gasteiger partial charge in [0.25, 0.3) is 0 Å². The zero-order valence-corrected chi connectivity index (χ0v) is 9.21. The molecule has 0 amide bonds. The van der Waals surface area contributed by atoms with Crippen LogP contribution in [0.1, 0.15) is 59.3 Å². The summed E-state index contributed by atoms with van der Waals surface area (Å²) in [5.74, 6) is 0. The standard InChI is InChI=1S/C11H24O2/c1-4-6-7-8-9-11(13,5-2)10(3)12/h10,12-13H,4-9H2,1-3H3. The molecule has 80 valence electrons. The molecule has 0 aliphatic heterocycles. The summed E-state index contributed by atoms with van der Waals surface area (Å²) in [5, 5.41) is 19.3. The molecule has 13 heavy (non-hydrogen) atoms. The molecule has 0 heterocycles. The van der Waals surface area contributed by atoms with Gasteiger partial charge in [-0.2, -0.15) is 0 Å². The highest BCUT2D eigenvalue weighted by Crippen LogP contribution is 2.23. The minimum absolute atomic E-state index is 0.612. The highest BCUT2D eigenvalue weighted by atomic mass is 16.3. The van der Waals surface area contributed by atoms with Crippen LogP contribution < -0.4 is 0 Å². The summed E-state index contributed by atoms with van der Waals surface area (Å²) < 4.78 is 0. The second-order valence-corrected chi connectivity index (χ2v) is 3.94. The molecule has 0 rings (SSSR count). The van der Waals surface area contributed by atoms with Crippen molar-refractivity contribution in [1.82, 2.24) is 0 Å². The van der Waals surface area contributed by atoms with Crippen LogP contribution in [0.5, 0.6) is 0 Å². The van der Waals surface area contributed by atoms with E-state index < -0.39 is 11.7 Å². The van der Waals surface area contributed by atoms with Crippen molar-refractivity contribution < 1.29 is 10.2 Å². The van der Waals surface area contributed by atoms with Gasteiger partial charge in [0.15, 0.2) is 0 Å². The number of rotatable bonds is 7. The van der Waals surface area contributed by atoms with Gasteiger partial charge in [-0.3, -0.25) is 0 Å². The summed E-state index contributed by atoms with van der Waals surface area (Å²) in [6.45, 7) is 5.76. The number of unbranched alkanes of at least 4 members (excludes halogenated alkanes) is 3. The second kappa shape index (κ2) is 6.39. The Labute approximate surface area is 82.0 Å². The van der Waals surface area contributed by atoms with E-state index in [0.717, 1.165) is 19.3 Å². The van der Waals surface area contributed by atoms with Gasteiger partial charge in [-0.05, 0) is 19.8 Å². The van der Waals surface area contributed by atoms with Crippen molar-refractivity contribution in [1.29, 1.82) is 0 Å². The predicted molar refractivity (Wildman–Crippen MR) is 55.7 cm³/mol. The third-order valence-electron chi connectivity index (χ3n) is 2.85. The van der Waals surface area contributed by atoms with E-state index in [-0.39, 0.29) is 0 Å². The third-order valence-corrected chi connectivity index (χ3v) is 2.85. The maximum absolute atomic E-state index is 9.95. The fourth-order valence-electron chi connectivity index (χ4n) is 1.54. The van der Waals surface area contributed by atoms with Gasteiger partial charge in [-0.15, -0.1) is 0 Å². The molecule has 0 saturated carbocycles. The smallest absolute Gasteiger partial charge is 0.0900 e. The molecule has 0 aromatic rings. The first kappa shape index (κ1) is 12.9. The summed E-state index contributed by atoms with van der Waals surface area (Å²) in [6, 6.07) is 0. The van der Waals surface area contributed by atoms with Crippen LogP contribution in [0.4, 0.5) is 0 Å². The molecule has 2 atom stereocenters. The Kier molecular flexibility index (Phi) is 6.35. The first-order valence-corrected chi connectivity index (χ1v) is 5.47. The summed E-state index contributed by atoms with van der Waals surface area (Å²) in [6.07, 6.45) is 5.35. The quantitative estimate of drug-likeness (QED) is 0.603. The van der Waals surface area contributed by atoms with Crippen molar-refractivity contribution in [2.75, 3.05) is 0 Å². The van der Waals surface area contributed by atoms with Crippen molar-refractivity contribution in [3.8, 4) is 0 Å². The van der Waals surface area contributed by atoms with E-state index >= 15 is 0 Å². The van der Waals surface area contributed by atoms with Crippen LogP contribution >= 0.6 is 0 Å². The van der Waals surface area contributed by atoms with E-state index in [0.29, 0.717) is 6.42 Å². The van der Waals surface area contributed by atoms with Crippen LogP contribution in [-0.2, 0) is 0 Å². The molecule has 0 fully saturated rings. The monoisotopic (exact) mass is 188 g/mol. The van der Waals surface area contributed by atoms with Crippen molar-refractivity contribution in [2.45, 2.75) is 71.0 Å². The molecule has 0 radical (unpaired) electrons. The molecule has 0 saturated heterocycles. The normalized spacial score (nSPS) is 18.2. The Morgan fingerprint density at radius 2 is 1.77 bits per heavy atom. The average molecular weight is 188 g/mol. The van der Waals surface area contributed by atoms with E-state index in [2.05, 4.69) is 6.92 Å². The Morgan fingerprint density at radius 1 is 1.15 bits per heavy atom. The fourth-order valence-corrected chi connectivity index (χ4v) is 1.54. The SMILES string of the molecule is CCCCCCC(O)(CC)C(C)O. The lowest BCUT2D eigenvalue weighted by molar-refractivity contribution is -0.0752. The van der Waals surface area contributed by atoms with E-state index in [1.54, 1.807) is 6.92 Å². The maximum Gasteiger partial charge on any atom is 0.0900 e. The number of hydrogen-bond acceptors (Lipinski definition) is 2. The number of hydrogen-bond donors (Lipinski definition) is 2. The van der Waals surface area contributed by atoms with Crippen LogP contribution in [0.3, 0.4) is 0 Å². The number of aliphatic hydroxyl groups is 2. The lowest BCUT2D eigenvalue weighted by atomic mass is 9.88. The van der Waals surface area contributed by atoms with Gasteiger partial charge in [0, 0.05) is 0 Å². The van der Waals surface area contributed by atoms with Gasteiger partial charge in [-0.25, -0.2) is 0 Å². The van der Waals surface area contributed by atoms with Crippen LogP contribution in [0.15, 0.2) is 0 Å². The van der Waals surface area contributed by atoms with Crippen molar-refractivity contribution in [2.24, 2.45) is 0 Å². The average Bonchev–Trinajstić information content (AvgIpc) is 2.12. The van der Waals surface area contributed by atoms with Gasteiger partial charge < -0.3 is 10.2 Å². The highest BCUT2D eigenvalue weighted by molar-refractivity contribution is 4.82. The van der Waals surface area contributed by atoms with E-state index in [1.807, 2.05) is 6.92 Å². The molecular formula is C11H24O2. The summed E-state index contributed by atoms with van der Waals surface area (Å²) >= 11 is 0. The molecule has 2 nitrogen and oxygen atoms in total. The zero-order valence-electron chi connectivity index (χ0n) is 9.21. The zero-order chi connectivity index (χ0) is 10.3. The van der Waals surface area contributed by atoms with Crippen LogP contribution in [-0.4, -0.2) is 21.9 Å². The molecule has 2 heteroatoms. The topological polar surface area (TPSA) is 40.5 Å². The Bertz CT molecular complexity index is 123. The molecule has 0 aliphatic rings. The van der Waals surface area contributed by atoms with Crippen molar-refractivity contribution in [3.63, 3.8) is 0 Å². The lowest BCUT2D eigenvalue weighted by Crippen LogP contribution is -2.39.